The lowest BCUT2D eigenvalue weighted by Gasteiger charge is -1.96. The van der Waals surface area contributed by atoms with Gasteiger partial charge in [0.2, 0.25) is 0 Å². The van der Waals surface area contributed by atoms with Crippen molar-refractivity contribution in [2.75, 3.05) is 7.11 Å². The molecule has 0 aliphatic carbocycles. The summed E-state index contributed by atoms with van der Waals surface area (Å²) in [7, 11) is 1.54. The van der Waals surface area contributed by atoms with Crippen LogP contribution in [0.25, 0.3) is 0 Å². The van der Waals surface area contributed by atoms with E-state index in [1.165, 1.54) is 13.2 Å². The fraction of sp³-hybridized carbons (Fsp3) is 0.333. The van der Waals surface area contributed by atoms with E-state index in [-0.39, 0.29) is 0 Å². The predicted octanol–water partition coefficient (Wildman–Crippen LogP) is 2.20. The first-order chi connectivity index (χ1) is 5.20. The van der Waals surface area contributed by atoms with Crippen molar-refractivity contribution in [3.05, 3.63) is 36.8 Å². The molecule has 0 bridgehead atoms. The van der Waals surface area contributed by atoms with Crippen molar-refractivity contribution >= 4 is 0 Å². The van der Waals surface area contributed by atoms with Crippen LogP contribution in [0.2, 0.25) is 0 Å². The number of nitrogens with two attached hydrogens (primary N) is 1. The Labute approximate surface area is 69.0 Å². The molecule has 0 aromatic rings. The second kappa shape index (κ2) is 8.82. The molecular formula is C9H17NO. The zero-order valence-corrected chi connectivity index (χ0v) is 7.55. The molecule has 0 heterocycles. The monoisotopic (exact) mass is 155 g/mol. The normalized spacial score (nSPS) is 9.18. The largest absolute Gasteiger partial charge is 0.497 e. The molecule has 0 unspecified atom stereocenters. The summed E-state index contributed by atoms with van der Waals surface area (Å²) in [6.07, 6.45) is 3.14. The molecule has 0 aliphatic rings. The van der Waals surface area contributed by atoms with Gasteiger partial charge in [0.05, 0.1) is 7.11 Å². The molecule has 0 saturated heterocycles. The minimum atomic E-state index is 0.535. The van der Waals surface area contributed by atoms with Crippen LogP contribution in [-0.4, -0.2) is 7.11 Å². The van der Waals surface area contributed by atoms with E-state index in [1.54, 1.807) is 6.08 Å². The van der Waals surface area contributed by atoms with Gasteiger partial charge < -0.3 is 10.5 Å². The Balaban J connectivity index is 0. The Kier molecular flexibility index (Phi) is 10.0. The van der Waals surface area contributed by atoms with Gasteiger partial charge in [0, 0.05) is 11.8 Å². The Morgan fingerprint density at radius 3 is 2.18 bits per heavy atom. The van der Waals surface area contributed by atoms with Crippen molar-refractivity contribution in [3.63, 3.8) is 0 Å². The zero-order valence-electron chi connectivity index (χ0n) is 7.55. The lowest BCUT2D eigenvalue weighted by Crippen LogP contribution is -1.93. The molecule has 2 N–H and O–H groups in total. The molecule has 0 fully saturated rings. The van der Waals surface area contributed by atoms with Crippen molar-refractivity contribution in [3.8, 4) is 0 Å². The van der Waals surface area contributed by atoms with Gasteiger partial charge in [0.1, 0.15) is 5.76 Å². The highest BCUT2D eigenvalue weighted by Crippen LogP contribution is 1.95. The maximum absolute atomic E-state index is 5.35. The van der Waals surface area contributed by atoms with E-state index in [0.29, 0.717) is 11.5 Å². The molecule has 0 aliphatic heterocycles. The highest BCUT2D eigenvalue weighted by Gasteiger charge is 1.83. The van der Waals surface area contributed by atoms with Gasteiger partial charge >= 0.3 is 0 Å². The number of rotatable bonds is 3. The van der Waals surface area contributed by atoms with Crippen molar-refractivity contribution in [2.45, 2.75) is 13.8 Å². The topological polar surface area (TPSA) is 35.2 Å². The molecule has 0 spiro atoms. The van der Waals surface area contributed by atoms with Gasteiger partial charge in [-0.3, -0.25) is 0 Å². The fourth-order valence-corrected chi connectivity index (χ4v) is 0.304. The highest BCUT2D eigenvalue weighted by atomic mass is 16.5. The first-order valence-electron chi connectivity index (χ1n) is 3.53. The average Bonchev–Trinajstić information content (AvgIpc) is 2.07. The third kappa shape index (κ3) is 8.82. The van der Waals surface area contributed by atoms with Crippen LogP contribution in [0.4, 0.5) is 0 Å². The smallest absolute Gasteiger partial charge is 0.113 e. The maximum Gasteiger partial charge on any atom is 0.113 e. The summed E-state index contributed by atoms with van der Waals surface area (Å²) in [5, 5.41) is 0. The number of hydrogen-bond donors (Lipinski definition) is 1. The molecule has 2 heteroatoms. The van der Waals surface area contributed by atoms with Gasteiger partial charge in [0.15, 0.2) is 0 Å². The summed E-state index contributed by atoms with van der Waals surface area (Å²) in [4.78, 5) is 0. The molecule has 0 radical (unpaired) electrons. The van der Waals surface area contributed by atoms with Gasteiger partial charge in [-0.1, -0.05) is 27.0 Å². The third-order valence-corrected chi connectivity index (χ3v) is 0.826. The van der Waals surface area contributed by atoms with Crippen LogP contribution in [-0.2, 0) is 4.74 Å². The van der Waals surface area contributed by atoms with Gasteiger partial charge in [-0.2, -0.15) is 0 Å². The lowest BCUT2D eigenvalue weighted by atomic mass is 10.4. The molecule has 0 amide bonds. The fourth-order valence-electron chi connectivity index (χ4n) is 0.304. The minimum Gasteiger partial charge on any atom is -0.497 e. The summed E-state index contributed by atoms with van der Waals surface area (Å²) < 4.78 is 4.72. The van der Waals surface area contributed by atoms with E-state index in [2.05, 4.69) is 13.2 Å². The standard InChI is InChI=1S/C7H11NO.C2H6/c1-4-7(8)5-6(2)9-3;1-2/h4-5H,1-2,8H2,3H3;1-2H3/b7-5+;. The number of hydrogen-bond acceptors (Lipinski definition) is 2. The molecular weight excluding hydrogens is 138 g/mol. The van der Waals surface area contributed by atoms with E-state index < -0.39 is 0 Å². The number of methoxy groups -OCH3 is 1. The molecule has 64 valence electrons. The second-order valence-corrected chi connectivity index (χ2v) is 1.52. The third-order valence-electron chi connectivity index (χ3n) is 0.826. The van der Waals surface area contributed by atoms with Crippen molar-refractivity contribution in [1.82, 2.24) is 0 Å². The molecule has 0 aromatic heterocycles. The molecule has 0 rings (SSSR count). The van der Waals surface area contributed by atoms with E-state index in [4.69, 9.17) is 10.5 Å². The van der Waals surface area contributed by atoms with Crippen LogP contribution < -0.4 is 5.73 Å². The summed E-state index contributed by atoms with van der Waals surface area (Å²) >= 11 is 0. The summed E-state index contributed by atoms with van der Waals surface area (Å²) in [6, 6.07) is 0. The van der Waals surface area contributed by atoms with E-state index >= 15 is 0 Å². The second-order valence-electron chi connectivity index (χ2n) is 1.52. The maximum atomic E-state index is 5.35. The van der Waals surface area contributed by atoms with E-state index in [1.807, 2.05) is 13.8 Å². The summed E-state index contributed by atoms with van der Waals surface area (Å²) in [5.41, 5.74) is 5.91. The highest BCUT2D eigenvalue weighted by molar-refractivity contribution is 5.20. The van der Waals surface area contributed by atoms with Gasteiger partial charge in [-0.05, 0) is 6.08 Å². The van der Waals surface area contributed by atoms with Crippen LogP contribution in [0.15, 0.2) is 36.8 Å². The minimum absolute atomic E-state index is 0.535. The Hall–Kier alpha value is -1.18. The predicted molar refractivity (Wildman–Crippen MR) is 50.0 cm³/mol. The number of ether oxygens (including phenoxy) is 1. The SMILES string of the molecule is C=C/C(N)=C\C(=C)OC.CC. The Morgan fingerprint density at radius 1 is 1.45 bits per heavy atom. The molecule has 11 heavy (non-hydrogen) atoms. The van der Waals surface area contributed by atoms with Crippen molar-refractivity contribution in [2.24, 2.45) is 5.73 Å². The van der Waals surface area contributed by atoms with Crippen LogP contribution in [0.5, 0.6) is 0 Å². The summed E-state index contributed by atoms with van der Waals surface area (Å²) in [6.45, 7) is 11.0. The van der Waals surface area contributed by atoms with Crippen LogP contribution in [0.3, 0.4) is 0 Å². The van der Waals surface area contributed by atoms with Crippen LogP contribution in [0.1, 0.15) is 13.8 Å². The van der Waals surface area contributed by atoms with Crippen LogP contribution >= 0.6 is 0 Å². The van der Waals surface area contributed by atoms with Crippen LogP contribution in [0, 0.1) is 0 Å². The zero-order chi connectivity index (χ0) is 9.28. The Morgan fingerprint density at radius 2 is 1.91 bits per heavy atom. The molecule has 2 nitrogen and oxygen atoms in total. The van der Waals surface area contributed by atoms with Gasteiger partial charge in [-0.15, -0.1) is 0 Å². The Bertz CT molecular complexity index is 148. The molecule has 0 atom stereocenters. The lowest BCUT2D eigenvalue weighted by molar-refractivity contribution is 0.308. The van der Waals surface area contributed by atoms with Crippen molar-refractivity contribution < 1.29 is 4.74 Å². The quantitative estimate of drug-likeness (QED) is 0.501. The molecule has 0 aromatic carbocycles. The first-order valence-corrected chi connectivity index (χ1v) is 3.53. The van der Waals surface area contributed by atoms with E-state index in [9.17, 15) is 0 Å². The average molecular weight is 155 g/mol. The first kappa shape index (κ1) is 12.5. The number of allylic oxidation sites excluding steroid dienone is 2. The van der Waals surface area contributed by atoms with Gasteiger partial charge in [-0.25, -0.2) is 0 Å². The van der Waals surface area contributed by atoms with Crippen molar-refractivity contribution in [1.29, 1.82) is 0 Å². The van der Waals surface area contributed by atoms with Gasteiger partial charge in [0.25, 0.3) is 0 Å². The van der Waals surface area contributed by atoms with E-state index in [0.717, 1.165) is 0 Å². The molecule has 0 saturated carbocycles. The summed E-state index contributed by atoms with van der Waals surface area (Å²) in [5.74, 6) is 0.535.